The molecule has 0 saturated carbocycles. The molecule has 2 aliphatic rings. The Hall–Kier alpha value is -2.42. The van der Waals surface area contributed by atoms with E-state index in [1.165, 1.54) is 16.0 Å². The van der Waals surface area contributed by atoms with Crippen LogP contribution in [0.5, 0.6) is 11.5 Å². The topological polar surface area (TPSA) is 57.2 Å². The van der Waals surface area contributed by atoms with Crippen molar-refractivity contribution in [2.45, 2.75) is 106 Å². The molecule has 1 heterocycles. The van der Waals surface area contributed by atoms with Gasteiger partial charge in [-0.3, -0.25) is 0 Å². The van der Waals surface area contributed by atoms with Gasteiger partial charge >= 0.3 is 6.09 Å². The molecule has 1 aliphatic heterocycles. The number of carbonyl (C=O) groups is 1. The molecule has 0 aromatic heterocycles. The van der Waals surface area contributed by atoms with Crippen molar-refractivity contribution < 1.29 is 23.4 Å². The van der Waals surface area contributed by atoms with Gasteiger partial charge in [-0.2, -0.15) is 0 Å². The Kier molecular flexibility index (Phi) is 10.0. The molecule has 0 bridgehead atoms. The molecule has 0 N–H and O–H groups in total. The lowest BCUT2D eigenvalue weighted by Crippen LogP contribution is -2.45. The zero-order valence-electron chi connectivity index (χ0n) is 27.8. The summed E-state index contributed by atoms with van der Waals surface area (Å²) in [6, 6.07) is 14.7. The van der Waals surface area contributed by atoms with Crippen molar-refractivity contribution in [2.24, 2.45) is 0 Å². The van der Waals surface area contributed by atoms with Crippen molar-refractivity contribution in [3.63, 3.8) is 0 Å². The van der Waals surface area contributed by atoms with Crippen LogP contribution in [0.25, 0.3) is 0 Å². The van der Waals surface area contributed by atoms with Gasteiger partial charge in [0.15, 0.2) is 19.8 Å². The Labute approximate surface area is 264 Å². The molecule has 2 aromatic carbocycles. The molecular weight excluding hydrogens is 575 g/mol. The molecule has 1 amide bonds. The van der Waals surface area contributed by atoms with Crippen LogP contribution in [-0.2, 0) is 21.0 Å². The third-order valence-electron chi connectivity index (χ3n) is 9.02. The molecule has 4 rings (SSSR count). The predicted octanol–water partition coefficient (Wildman–Crippen LogP) is 8.64. The number of thioether (sulfide) groups is 1. The lowest BCUT2D eigenvalue weighted by Gasteiger charge is -2.39. The molecule has 0 fully saturated rings. The highest BCUT2D eigenvalue weighted by Crippen LogP contribution is 2.56. The molecule has 0 unspecified atom stereocenters. The summed E-state index contributed by atoms with van der Waals surface area (Å²) in [7, 11) is 1.62. The van der Waals surface area contributed by atoms with Crippen molar-refractivity contribution in [1.82, 2.24) is 4.90 Å². The SMILES string of the molecule is COc1ccc(CCO[Si](C)(C)C(C)(C)C)c2c1O[C@H]1C[C@H](Sc3ccccc3)C=C[C@@]21CCN(C)C(=O)OC(C)(C)C. The van der Waals surface area contributed by atoms with Gasteiger partial charge in [-0.1, -0.05) is 57.2 Å². The van der Waals surface area contributed by atoms with Gasteiger partial charge in [0.25, 0.3) is 0 Å². The number of ether oxygens (including phenoxy) is 3. The largest absolute Gasteiger partial charge is 0.493 e. The first-order valence-corrected chi connectivity index (χ1v) is 19.2. The van der Waals surface area contributed by atoms with Crippen LogP contribution < -0.4 is 9.47 Å². The number of carbonyl (C=O) groups excluding carboxylic acids is 1. The van der Waals surface area contributed by atoms with Crippen LogP contribution in [0.3, 0.4) is 0 Å². The minimum Gasteiger partial charge on any atom is -0.493 e. The Morgan fingerprint density at radius 1 is 1.09 bits per heavy atom. The highest BCUT2D eigenvalue weighted by Gasteiger charge is 2.52. The monoisotopic (exact) mass is 625 g/mol. The fourth-order valence-corrected chi connectivity index (χ4v) is 7.71. The van der Waals surface area contributed by atoms with Crippen molar-refractivity contribution in [3.8, 4) is 11.5 Å². The summed E-state index contributed by atoms with van der Waals surface area (Å²) < 4.78 is 25.0. The normalized spacial score (nSPS) is 21.5. The van der Waals surface area contributed by atoms with E-state index in [2.05, 4.69) is 76.3 Å². The molecular formula is C35H51NO5SSi. The van der Waals surface area contributed by atoms with Crippen LogP contribution in [0.15, 0.2) is 59.5 Å². The summed E-state index contributed by atoms with van der Waals surface area (Å²) in [5.74, 6) is 1.58. The van der Waals surface area contributed by atoms with E-state index >= 15 is 0 Å². The maximum atomic E-state index is 12.9. The van der Waals surface area contributed by atoms with E-state index in [4.69, 9.17) is 18.6 Å². The fourth-order valence-electron chi connectivity index (χ4n) is 5.57. The van der Waals surface area contributed by atoms with Crippen LogP contribution in [-0.4, -0.2) is 63.6 Å². The molecule has 0 saturated heterocycles. The average molecular weight is 626 g/mol. The van der Waals surface area contributed by atoms with E-state index in [9.17, 15) is 4.79 Å². The second kappa shape index (κ2) is 12.9. The van der Waals surface area contributed by atoms with E-state index in [1.54, 1.807) is 12.0 Å². The highest BCUT2D eigenvalue weighted by atomic mass is 32.2. The number of fused-ring (bicyclic) bond motifs is 3. The summed E-state index contributed by atoms with van der Waals surface area (Å²) in [4.78, 5) is 15.9. The molecule has 0 radical (unpaired) electrons. The fraction of sp³-hybridized carbons (Fsp3) is 0.571. The Balaban J connectivity index is 1.68. The first kappa shape index (κ1) is 33.5. The quantitative estimate of drug-likeness (QED) is 0.195. The van der Waals surface area contributed by atoms with Crippen molar-refractivity contribution in [1.29, 1.82) is 0 Å². The van der Waals surface area contributed by atoms with Crippen LogP contribution in [0, 0.1) is 0 Å². The van der Waals surface area contributed by atoms with Gasteiger partial charge in [0.1, 0.15) is 11.7 Å². The Morgan fingerprint density at radius 2 is 1.79 bits per heavy atom. The maximum absolute atomic E-state index is 12.9. The van der Waals surface area contributed by atoms with E-state index in [-0.39, 0.29) is 22.5 Å². The minimum absolute atomic E-state index is 0.0860. The van der Waals surface area contributed by atoms with Crippen LogP contribution in [0.2, 0.25) is 18.1 Å². The smallest absolute Gasteiger partial charge is 0.410 e. The van der Waals surface area contributed by atoms with E-state index in [0.29, 0.717) is 19.6 Å². The molecule has 3 atom stereocenters. The summed E-state index contributed by atoms with van der Waals surface area (Å²) in [5, 5.41) is 0.420. The Bertz CT molecular complexity index is 1300. The summed E-state index contributed by atoms with van der Waals surface area (Å²) >= 11 is 1.86. The van der Waals surface area contributed by atoms with Gasteiger partial charge < -0.3 is 23.5 Å². The van der Waals surface area contributed by atoms with E-state index in [0.717, 1.165) is 24.3 Å². The molecule has 1 aliphatic carbocycles. The third-order valence-corrected chi connectivity index (χ3v) is 14.8. The zero-order chi connectivity index (χ0) is 31.6. The number of amides is 1. The number of methoxy groups -OCH3 is 1. The van der Waals surface area contributed by atoms with Gasteiger partial charge in [-0.25, -0.2) is 4.79 Å². The van der Waals surface area contributed by atoms with Gasteiger partial charge in [0, 0.05) is 42.3 Å². The Morgan fingerprint density at radius 3 is 2.42 bits per heavy atom. The second-order valence-electron chi connectivity index (χ2n) is 14.4. The van der Waals surface area contributed by atoms with Crippen LogP contribution in [0.1, 0.15) is 65.5 Å². The van der Waals surface area contributed by atoms with Crippen molar-refractivity contribution >= 4 is 26.2 Å². The summed E-state index contributed by atoms with van der Waals surface area (Å²) in [6.45, 7) is 18.3. The number of nitrogens with zero attached hydrogens (tertiary/aromatic N) is 1. The van der Waals surface area contributed by atoms with Crippen LogP contribution >= 0.6 is 11.8 Å². The number of hydrogen-bond acceptors (Lipinski definition) is 6. The molecule has 8 heteroatoms. The van der Waals surface area contributed by atoms with Gasteiger partial charge in [0.05, 0.1) is 12.5 Å². The van der Waals surface area contributed by atoms with E-state index < -0.39 is 19.3 Å². The average Bonchev–Trinajstić information content (AvgIpc) is 3.25. The molecule has 6 nitrogen and oxygen atoms in total. The van der Waals surface area contributed by atoms with Gasteiger partial charge in [-0.05, 0) is 75.5 Å². The highest BCUT2D eigenvalue weighted by molar-refractivity contribution is 8.00. The zero-order valence-corrected chi connectivity index (χ0v) is 29.6. The lowest BCUT2D eigenvalue weighted by molar-refractivity contribution is 0.0278. The second-order valence-corrected chi connectivity index (χ2v) is 20.5. The van der Waals surface area contributed by atoms with Gasteiger partial charge in [0.2, 0.25) is 0 Å². The number of benzene rings is 2. The molecule has 236 valence electrons. The molecule has 2 aromatic rings. The summed E-state index contributed by atoms with van der Waals surface area (Å²) in [5.41, 5.74) is 1.44. The maximum Gasteiger partial charge on any atom is 0.410 e. The van der Waals surface area contributed by atoms with Gasteiger partial charge in [-0.15, -0.1) is 11.8 Å². The minimum atomic E-state index is -1.89. The number of hydrogen-bond donors (Lipinski definition) is 0. The molecule has 43 heavy (non-hydrogen) atoms. The lowest BCUT2D eigenvalue weighted by atomic mass is 9.68. The molecule has 0 spiro atoms. The van der Waals surface area contributed by atoms with E-state index in [1.807, 2.05) is 51.7 Å². The first-order chi connectivity index (χ1) is 20.1. The summed E-state index contributed by atoms with van der Waals surface area (Å²) in [6.07, 6.45) is 6.65. The van der Waals surface area contributed by atoms with Crippen molar-refractivity contribution in [2.75, 3.05) is 27.3 Å². The van der Waals surface area contributed by atoms with Crippen molar-refractivity contribution in [3.05, 3.63) is 65.7 Å². The standard InChI is InChI=1S/C35H51NO5SSi/c1-33(2,3)41-32(37)36(7)22-21-35-20-18-27(42-26-14-12-11-13-15-26)24-29(35)40-31-28(38-8)17-16-25(30(31)35)19-23-39-43(9,10)34(4,5)6/h11-18,20,27,29H,19,21-24H2,1-10H3/t27-,29+,35+/m1/s1. The van der Waals surface area contributed by atoms with Crippen LogP contribution in [0.4, 0.5) is 4.79 Å². The third kappa shape index (κ3) is 7.63. The number of rotatable bonds is 10. The first-order valence-electron chi connectivity index (χ1n) is 15.4. The predicted molar refractivity (Wildman–Crippen MR) is 179 cm³/mol.